The van der Waals surface area contributed by atoms with E-state index in [1.165, 1.54) is 6.07 Å². The van der Waals surface area contributed by atoms with Gasteiger partial charge in [0.2, 0.25) is 5.82 Å². The Morgan fingerprint density at radius 3 is 2.93 bits per heavy atom. The van der Waals surface area contributed by atoms with Gasteiger partial charge in [-0.05, 0) is 13.0 Å². The van der Waals surface area contributed by atoms with Crippen LogP contribution in [0.15, 0.2) is 12.1 Å². The van der Waals surface area contributed by atoms with Gasteiger partial charge in [-0.1, -0.05) is 0 Å². The predicted octanol–water partition coefficient (Wildman–Crippen LogP) is 0.702. The molecule has 0 saturated heterocycles. The number of anilines is 1. The van der Waals surface area contributed by atoms with E-state index in [-0.39, 0.29) is 24.7 Å². The molecule has 14 heavy (non-hydrogen) atoms. The fourth-order valence-electron chi connectivity index (χ4n) is 1.00. The monoisotopic (exact) mass is 197 g/mol. The number of rotatable bonds is 4. The summed E-state index contributed by atoms with van der Waals surface area (Å²) in [4.78, 5) is 14.0. The zero-order valence-corrected chi connectivity index (χ0v) is 7.73. The zero-order valence-electron chi connectivity index (χ0n) is 7.73. The van der Waals surface area contributed by atoms with Crippen molar-refractivity contribution in [3.63, 3.8) is 0 Å². The molecule has 0 spiro atoms. The van der Waals surface area contributed by atoms with E-state index in [0.29, 0.717) is 5.69 Å². The van der Waals surface area contributed by atoms with Gasteiger partial charge in [0.05, 0.1) is 11.5 Å². The van der Waals surface area contributed by atoms with Gasteiger partial charge in [0, 0.05) is 18.3 Å². The molecule has 1 heterocycles. The number of nitrogens with one attached hydrogen (secondary N) is 1. The van der Waals surface area contributed by atoms with Crippen molar-refractivity contribution in [3.05, 3.63) is 27.9 Å². The van der Waals surface area contributed by atoms with E-state index >= 15 is 0 Å². The van der Waals surface area contributed by atoms with E-state index in [1.54, 1.807) is 13.0 Å². The summed E-state index contributed by atoms with van der Waals surface area (Å²) in [6.45, 7) is 1.90. The Hall–Kier alpha value is -1.69. The number of pyridine rings is 1. The zero-order chi connectivity index (χ0) is 10.6. The quantitative estimate of drug-likeness (QED) is 0.548. The second-order valence-electron chi connectivity index (χ2n) is 2.73. The summed E-state index contributed by atoms with van der Waals surface area (Å²) in [5.74, 6) is 0.198. The van der Waals surface area contributed by atoms with Gasteiger partial charge in [0.25, 0.3) is 0 Å². The highest BCUT2D eigenvalue weighted by Gasteiger charge is 2.13. The summed E-state index contributed by atoms with van der Waals surface area (Å²) in [5, 5.41) is 21.8. The van der Waals surface area contributed by atoms with Crippen molar-refractivity contribution in [2.45, 2.75) is 6.92 Å². The lowest BCUT2D eigenvalue weighted by molar-refractivity contribution is -0.384. The summed E-state index contributed by atoms with van der Waals surface area (Å²) in [6.07, 6.45) is 0. The maximum absolute atomic E-state index is 10.6. The summed E-state index contributed by atoms with van der Waals surface area (Å²) < 4.78 is 0. The van der Waals surface area contributed by atoms with Gasteiger partial charge in [-0.15, -0.1) is 0 Å². The molecule has 0 fully saturated rings. The lowest BCUT2D eigenvalue weighted by atomic mass is 10.3. The van der Waals surface area contributed by atoms with Crippen LogP contribution < -0.4 is 5.32 Å². The Kier molecular flexibility index (Phi) is 3.35. The second-order valence-corrected chi connectivity index (χ2v) is 2.73. The molecule has 6 nitrogen and oxygen atoms in total. The van der Waals surface area contributed by atoms with Crippen LogP contribution in [0.1, 0.15) is 5.69 Å². The first-order chi connectivity index (χ1) is 6.65. The van der Waals surface area contributed by atoms with E-state index in [9.17, 15) is 10.1 Å². The first kappa shape index (κ1) is 10.4. The Balaban J connectivity index is 2.97. The van der Waals surface area contributed by atoms with E-state index in [2.05, 4.69) is 10.3 Å². The Labute approximate surface area is 80.7 Å². The second kappa shape index (κ2) is 4.52. The molecule has 0 atom stereocenters. The third kappa shape index (κ3) is 2.40. The topological polar surface area (TPSA) is 88.3 Å². The molecular formula is C8H11N3O3. The van der Waals surface area contributed by atoms with Crippen molar-refractivity contribution in [2.24, 2.45) is 0 Å². The van der Waals surface area contributed by atoms with Crippen LogP contribution in [0.5, 0.6) is 0 Å². The molecule has 6 heteroatoms. The van der Waals surface area contributed by atoms with Crippen LogP contribution in [0.2, 0.25) is 0 Å². The lowest BCUT2D eigenvalue weighted by Gasteiger charge is -2.04. The molecule has 1 aromatic heterocycles. The molecule has 0 aliphatic rings. The molecule has 2 N–H and O–H groups in total. The third-order valence-electron chi connectivity index (χ3n) is 1.61. The summed E-state index contributed by atoms with van der Waals surface area (Å²) >= 11 is 0. The molecule has 0 saturated carbocycles. The highest BCUT2D eigenvalue weighted by atomic mass is 16.6. The van der Waals surface area contributed by atoms with Crippen LogP contribution in [0.4, 0.5) is 11.5 Å². The van der Waals surface area contributed by atoms with E-state index < -0.39 is 4.92 Å². The van der Waals surface area contributed by atoms with Crippen molar-refractivity contribution in [3.8, 4) is 0 Å². The fourth-order valence-corrected chi connectivity index (χ4v) is 1.00. The van der Waals surface area contributed by atoms with Crippen molar-refractivity contribution in [2.75, 3.05) is 18.5 Å². The van der Waals surface area contributed by atoms with E-state index in [4.69, 9.17) is 5.11 Å². The first-order valence-electron chi connectivity index (χ1n) is 4.12. The number of aromatic nitrogens is 1. The van der Waals surface area contributed by atoms with Gasteiger partial charge in [-0.3, -0.25) is 10.1 Å². The number of hydrogen-bond donors (Lipinski definition) is 2. The maximum atomic E-state index is 10.6. The molecule has 0 amide bonds. The Morgan fingerprint density at radius 2 is 2.36 bits per heavy atom. The Bertz CT molecular complexity index is 341. The van der Waals surface area contributed by atoms with Crippen LogP contribution in [0.25, 0.3) is 0 Å². The molecule has 0 bridgehead atoms. The van der Waals surface area contributed by atoms with E-state index in [0.717, 1.165) is 0 Å². The average Bonchev–Trinajstić information content (AvgIpc) is 2.14. The molecule has 1 rings (SSSR count). The van der Waals surface area contributed by atoms with Crippen LogP contribution in [0, 0.1) is 17.0 Å². The first-order valence-corrected chi connectivity index (χ1v) is 4.12. The third-order valence-corrected chi connectivity index (χ3v) is 1.61. The maximum Gasteiger partial charge on any atom is 0.311 e. The van der Waals surface area contributed by atoms with Crippen molar-refractivity contribution >= 4 is 11.5 Å². The normalized spacial score (nSPS) is 9.86. The van der Waals surface area contributed by atoms with Gasteiger partial charge in [0.1, 0.15) is 0 Å². The van der Waals surface area contributed by atoms with Crippen LogP contribution in [-0.4, -0.2) is 28.2 Å². The number of nitro groups is 1. The summed E-state index contributed by atoms with van der Waals surface area (Å²) in [5.41, 5.74) is 0.611. The van der Waals surface area contributed by atoms with Crippen molar-refractivity contribution in [1.29, 1.82) is 0 Å². The van der Waals surface area contributed by atoms with Gasteiger partial charge >= 0.3 is 5.69 Å². The SMILES string of the molecule is Cc1ccc([N+](=O)[O-])c(NCCO)n1. The minimum absolute atomic E-state index is 0.0796. The molecule has 0 unspecified atom stereocenters. The smallest absolute Gasteiger partial charge is 0.311 e. The number of aliphatic hydroxyl groups is 1. The van der Waals surface area contributed by atoms with Gasteiger partial charge < -0.3 is 10.4 Å². The summed E-state index contributed by atoms with van der Waals surface area (Å²) in [7, 11) is 0. The van der Waals surface area contributed by atoms with Gasteiger partial charge in [0.15, 0.2) is 0 Å². The molecule has 0 radical (unpaired) electrons. The summed E-state index contributed by atoms with van der Waals surface area (Å²) in [6, 6.07) is 2.96. The van der Waals surface area contributed by atoms with Crippen LogP contribution in [0.3, 0.4) is 0 Å². The highest BCUT2D eigenvalue weighted by molar-refractivity contribution is 5.55. The van der Waals surface area contributed by atoms with E-state index in [1.807, 2.05) is 0 Å². The molecule has 0 aliphatic heterocycles. The van der Waals surface area contributed by atoms with Crippen molar-refractivity contribution in [1.82, 2.24) is 4.98 Å². The average molecular weight is 197 g/mol. The lowest BCUT2D eigenvalue weighted by Crippen LogP contribution is -2.09. The number of aryl methyl sites for hydroxylation is 1. The minimum atomic E-state index is -0.508. The molecule has 76 valence electrons. The Morgan fingerprint density at radius 1 is 1.64 bits per heavy atom. The molecule has 0 aliphatic carbocycles. The van der Waals surface area contributed by atoms with Gasteiger partial charge in [-0.2, -0.15) is 0 Å². The largest absolute Gasteiger partial charge is 0.395 e. The van der Waals surface area contributed by atoms with Crippen LogP contribution >= 0.6 is 0 Å². The standard InChI is InChI=1S/C8H11N3O3/c1-6-2-3-7(11(13)14)8(10-6)9-4-5-12/h2-3,12H,4-5H2,1H3,(H,9,10). The fraction of sp³-hybridized carbons (Fsp3) is 0.375. The molecule has 0 aromatic carbocycles. The number of nitrogens with zero attached hydrogens (tertiary/aromatic N) is 2. The number of hydrogen-bond acceptors (Lipinski definition) is 5. The number of aliphatic hydroxyl groups excluding tert-OH is 1. The minimum Gasteiger partial charge on any atom is -0.395 e. The predicted molar refractivity (Wildman–Crippen MR) is 51.2 cm³/mol. The van der Waals surface area contributed by atoms with Crippen molar-refractivity contribution < 1.29 is 10.0 Å². The molecular weight excluding hydrogens is 186 g/mol. The highest BCUT2D eigenvalue weighted by Crippen LogP contribution is 2.21. The van der Waals surface area contributed by atoms with Gasteiger partial charge in [-0.25, -0.2) is 4.98 Å². The molecule has 1 aromatic rings. The van der Waals surface area contributed by atoms with Crippen LogP contribution in [-0.2, 0) is 0 Å².